The summed E-state index contributed by atoms with van der Waals surface area (Å²) in [5.74, 6) is 0.356. The summed E-state index contributed by atoms with van der Waals surface area (Å²) in [6, 6.07) is 7.00. The minimum absolute atomic E-state index is 0.260. The number of hydrogen-bond acceptors (Lipinski definition) is 3. The maximum atomic E-state index is 11.8. The molecule has 0 heterocycles. The third kappa shape index (κ3) is 10.9. The highest BCUT2D eigenvalue weighted by Crippen LogP contribution is 2.43. The Hall–Kier alpha value is -0.830. The Balaban J connectivity index is 2.01. The van der Waals surface area contributed by atoms with Gasteiger partial charge in [-0.05, 0) is 25.5 Å². The first-order valence-electron chi connectivity index (χ1n) is 9.27. The molecule has 0 aromatic heterocycles. The summed E-state index contributed by atoms with van der Waals surface area (Å²) >= 11 is 0. The van der Waals surface area contributed by atoms with Gasteiger partial charge in [0.1, 0.15) is 5.75 Å². The van der Waals surface area contributed by atoms with E-state index in [0.717, 1.165) is 24.8 Å². The number of benzene rings is 1. The fraction of sp³-hybridized carbons (Fsp3) is 0.684. The Kier molecular flexibility index (Phi) is 11.1. The van der Waals surface area contributed by atoms with Gasteiger partial charge in [-0.15, -0.1) is 0 Å². The average molecular weight is 356 g/mol. The first-order chi connectivity index (χ1) is 11.5. The highest BCUT2D eigenvalue weighted by Gasteiger charge is 2.22. The number of unbranched alkanes of at least 4 members (excludes halogenated alkanes) is 9. The van der Waals surface area contributed by atoms with Crippen molar-refractivity contribution in [3.63, 3.8) is 0 Å². The number of aryl methyl sites for hydroxylation is 1. The van der Waals surface area contributed by atoms with E-state index in [4.69, 9.17) is 9.05 Å². The number of phosphoric acid groups is 1. The molecule has 138 valence electrons. The standard InChI is InChI=1S/C19H33O4P/c1-3-4-5-6-7-8-9-10-11-12-17-22-24(20,21)23-19-15-13-18(2)14-16-19/h13-16H,3-12,17H2,1-2H3,(H,20,21). The monoisotopic (exact) mass is 356 g/mol. The predicted molar refractivity (Wildman–Crippen MR) is 99.4 cm³/mol. The summed E-state index contributed by atoms with van der Waals surface area (Å²) in [6.45, 7) is 4.44. The van der Waals surface area contributed by atoms with Crippen LogP contribution in [0.25, 0.3) is 0 Å². The molecule has 0 bridgehead atoms. The molecule has 0 aliphatic rings. The summed E-state index contributed by atoms with van der Waals surface area (Å²) in [7, 11) is -4.01. The lowest BCUT2D eigenvalue weighted by atomic mass is 10.1. The number of hydrogen-bond donors (Lipinski definition) is 1. The summed E-state index contributed by atoms with van der Waals surface area (Å²) in [6.07, 6.45) is 12.2. The van der Waals surface area contributed by atoms with E-state index in [1.165, 1.54) is 44.9 Å². The highest BCUT2D eigenvalue weighted by molar-refractivity contribution is 7.47. The molecule has 24 heavy (non-hydrogen) atoms. The van der Waals surface area contributed by atoms with Gasteiger partial charge in [0.2, 0.25) is 0 Å². The Morgan fingerprint density at radius 3 is 1.92 bits per heavy atom. The van der Waals surface area contributed by atoms with Crippen LogP contribution in [0.3, 0.4) is 0 Å². The van der Waals surface area contributed by atoms with Crippen molar-refractivity contribution < 1.29 is 18.5 Å². The van der Waals surface area contributed by atoms with Crippen molar-refractivity contribution in [2.24, 2.45) is 0 Å². The molecule has 0 spiro atoms. The van der Waals surface area contributed by atoms with Crippen molar-refractivity contribution in [1.82, 2.24) is 0 Å². The minimum atomic E-state index is -4.01. The van der Waals surface area contributed by atoms with E-state index in [1.807, 2.05) is 19.1 Å². The molecular formula is C19H33O4P. The molecule has 1 atom stereocenters. The first-order valence-corrected chi connectivity index (χ1v) is 10.8. The molecule has 0 aliphatic carbocycles. The van der Waals surface area contributed by atoms with Gasteiger partial charge in [0.15, 0.2) is 0 Å². The van der Waals surface area contributed by atoms with E-state index in [9.17, 15) is 9.46 Å². The lowest BCUT2D eigenvalue weighted by Gasteiger charge is -2.13. The van der Waals surface area contributed by atoms with Gasteiger partial charge in [-0.1, -0.05) is 82.4 Å². The van der Waals surface area contributed by atoms with E-state index < -0.39 is 7.82 Å². The van der Waals surface area contributed by atoms with Crippen molar-refractivity contribution >= 4 is 7.82 Å². The van der Waals surface area contributed by atoms with Gasteiger partial charge in [-0.25, -0.2) is 4.57 Å². The van der Waals surface area contributed by atoms with Crippen molar-refractivity contribution in [2.75, 3.05) is 6.61 Å². The van der Waals surface area contributed by atoms with Crippen LogP contribution < -0.4 is 4.52 Å². The Morgan fingerprint density at radius 2 is 1.38 bits per heavy atom. The first kappa shape index (κ1) is 21.2. The summed E-state index contributed by atoms with van der Waals surface area (Å²) in [4.78, 5) is 9.69. The summed E-state index contributed by atoms with van der Waals surface area (Å²) < 4.78 is 21.9. The zero-order chi connectivity index (χ0) is 17.7. The topological polar surface area (TPSA) is 55.8 Å². The van der Waals surface area contributed by atoms with Gasteiger partial charge in [-0.2, -0.15) is 0 Å². The molecule has 1 unspecified atom stereocenters. The lowest BCUT2D eigenvalue weighted by Crippen LogP contribution is -1.99. The Morgan fingerprint density at radius 1 is 0.875 bits per heavy atom. The zero-order valence-corrected chi connectivity index (χ0v) is 16.1. The largest absolute Gasteiger partial charge is 0.527 e. The van der Waals surface area contributed by atoms with E-state index in [-0.39, 0.29) is 6.61 Å². The molecule has 0 saturated heterocycles. The molecule has 0 saturated carbocycles. The fourth-order valence-electron chi connectivity index (χ4n) is 2.53. The molecular weight excluding hydrogens is 323 g/mol. The molecule has 0 radical (unpaired) electrons. The van der Waals surface area contributed by atoms with Crippen LogP contribution >= 0.6 is 7.82 Å². The lowest BCUT2D eigenvalue weighted by molar-refractivity contribution is 0.199. The van der Waals surface area contributed by atoms with Crippen molar-refractivity contribution in [3.8, 4) is 5.75 Å². The van der Waals surface area contributed by atoms with Crippen LogP contribution in [0.4, 0.5) is 0 Å². The molecule has 5 heteroatoms. The van der Waals surface area contributed by atoms with Crippen LogP contribution in [-0.2, 0) is 9.09 Å². The number of rotatable bonds is 14. The average Bonchev–Trinajstić information content (AvgIpc) is 2.54. The van der Waals surface area contributed by atoms with E-state index in [2.05, 4.69) is 6.92 Å². The van der Waals surface area contributed by atoms with Gasteiger partial charge < -0.3 is 4.52 Å². The second-order valence-electron chi connectivity index (χ2n) is 6.39. The Bertz CT molecular complexity index is 473. The van der Waals surface area contributed by atoms with Gasteiger partial charge in [0, 0.05) is 0 Å². The van der Waals surface area contributed by atoms with Crippen LogP contribution in [0.15, 0.2) is 24.3 Å². The molecule has 1 aromatic carbocycles. The van der Waals surface area contributed by atoms with Crippen LogP contribution in [0, 0.1) is 6.92 Å². The summed E-state index contributed by atoms with van der Waals surface area (Å²) in [5, 5.41) is 0. The van der Waals surface area contributed by atoms with Crippen molar-refractivity contribution in [3.05, 3.63) is 29.8 Å². The molecule has 1 rings (SSSR count). The van der Waals surface area contributed by atoms with Crippen molar-refractivity contribution in [2.45, 2.75) is 78.1 Å². The van der Waals surface area contributed by atoms with E-state index >= 15 is 0 Å². The third-order valence-electron chi connectivity index (χ3n) is 3.99. The second-order valence-corrected chi connectivity index (χ2v) is 7.77. The Labute approximate surface area is 147 Å². The van der Waals surface area contributed by atoms with E-state index in [1.54, 1.807) is 12.1 Å². The van der Waals surface area contributed by atoms with E-state index in [0.29, 0.717) is 5.75 Å². The van der Waals surface area contributed by atoms with Gasteiger partial charge in [0.05, 0.1) is 6.61 Å². The highest BCUT2D eigenvalue weighted by atomic mass is 31.2. The summed E-state index contributed by atoms with van der Waals surface area (Å²) in [5.41, 5.74) is 1.07. The molecule has 0 fully saturated rings. The predicted octanol–water partition coefficient (Wildman–Crippen LogP) is 6.41. The minimum Gasteiger partial charge on any atom is -0.404 e. The maximum absolute atomic E-state index is 11.8. The smallest absolute Gasteiger partial charge is 0.404 e. The molecule has 0 amide bonds. The zero-order valence-electron chi connectivity index (χ0n) is 15.2. The quantitative estimate of drug-likeness (QED) is 0.309. The van der Waals surface area contributed by atoms with Crippen LogP contribution in [0.2, 0.25) is 0 Å². The second kappa shape index (κ2) is 12.5. The van der Waals surface area contributed by atoms with Gasteiger partial charge in [0.25, 0.3) is 0 Å². The molecule has 0 aliphatic heterocycles. The number of phosphoric ester groups is 1. The normalized spacial score (nSPS) is 13.6. The van der Waals surface area contributed by atoms with Gasteiger partial charge >= 0.3 is 7.82 Å². The van der Waals surface area contributed by atoms with Crippen LogP contribution in [0.5, 0.6) is 5.75 Å². The molecule has 1 aromatic rings. The van der Waals surface area contributed by atoms with Crippen molar-refractivity contribution in [1.29, 1.82) is 0 Å². The third-order valence-corrected chi connectivity index (χ3v) is 4.94. The van der Waals surface area contributed by atoms with Crippen LogP contribution in [0.1, 0.15) is 76.7 Å². The SMILES string of the molecule is CCCCCCCCCCCCOP(=O)(O)Oc1ccc(C)cc1. The molecule has 4 nitrogen and oxygen atoms in total. The fourth-order valence-corrected chi connectivity index (χ4v) is 3.33. The maximum Gasteiger partial charge on any atom is 0.527 e. The van der Waals surface area contributed by atoms with Gasteiger partial charge in [-0.3, -0.25) is 9.42 Å². The molecule has 1 N–H and O–H groups in total. The van der Waals surface area contributed by atoms with Crippen LogP contribution in [-0.4, -0.2) is 11.5 Å².